The first kappa shape index (κ1) is 15.4. The van der Waals surface area contributed by atoms with Gasteiger partial charge in [0.15, 0.2) is 6.61 Å². The van der Waals surface area contributed by atoms with Gasteiger partial charge in [0.25, 0.3) is 0 Å². The van der Waals surface area contributed by atoms with Gasteiger partial charge >= 0.3 is 0 Å². The van der Waals surface area contributed by atoms with E-state index in [0.717, 1.165) is 5.56 Å². The van der Waals surface area contributed by atoms with Crippen molar-refractivity contribution in [2.24, 2.45) is 0 Å². The molecule has 0 unspecified atom stereocenters. The number of hydrogen-bond donors (Lipinski definition) is 0. The molecule has 0 saturated heterocycles. The smallest absolute Gasteiger partial charge is 0.201 e. The Labute approximate surface area is 132 Å². The van der Waals surface area contributed by atoms with Crippen LogP contribution in [-0.4, -0.2) is 12.4 Å². The molecule has 0 amide bonds. The van der Waals surface area contributed by atoms with Crippen LogP contribution in [0.2, 0.25) is 10.0 Å². The number of hydrogen-bond acceptors (Lipinski definition) is 3. The van der Waals surface area contributed by atoms with Gasteiger partial charge in [0, 0.05) is 10.6 Å². The number of ketones is 1. The Morgan fingerprint density at radius 2 is 2.00 bits per heavy atom. The van der Waals surface area contributed by atoms with Crippen LogP contribution in [0.15, 0.2) is 36.4 Å². The van der Waals surface area contributed by atoms with Crippen molar-refractivity contribution in [2.45, 2.75) is 6.92 Å². The Morgan fingerprint density at radius 1 is 1.24 bits per heavy atom. The molecule has 0 aliphatic rings. The number of nitrogens with zero attached hydrogens (tertiary/aromatic N) is 1. The molecule has 0 heterocycles. The monoisotopic (exact) mass is 319 g/mol. The number of aryl methyl sites for hydroxylation is 1. The molecule has 0 radical (unpaired) electrons. The number of halogens is 2. The fraction of sp³-hybridized carbons (Fsp3) is 0.125. The zero-order valence-corrected chi connectivity index (χ0v) is 12.7. The topological polar surface area (TPSA) is 50.1 Å². The van der Waals surface area contributed by atoms with Crippen LogP contribution in [-0.2, 0) is 0 Å². The van der Waals surface area contributed by atoms with Gasteiger partial charge in [0.1, 0.15) is 5.75 Å². The first-order chi connectivity index (χ1) is 10.0. The minimum Gasteiger partial charge on any atom is -0.485 e. The number of benzene rings is 2. The molecule has 0 aliphatic heterocycles. The van der Waals surface area contributed by atoms with Gasteiger partial charge < -0.3 is 4.74 Å². The minimum absolute atomic E-state index is 0.156. The van der Waals surface area contributed by atoms with Gasteiger partial charge in [-0.05, 0) is 42.8 Å². The molecule has 2 aromatic carbocycles. The number of carbonyl (C=O) groups excluding carboxylic acids is 1. The fourth-order valence-corrected chi connectivity index (χ4v) is 2.28. The van der Waals surface area contributed by atoms with Crippen molar-refractivity contribution in [3.63, 3.8) is 0 Å². The lowest BCUT2D eigenvalue weighted by Gasteiger charge is -2.09. The van der Waals surface area contributed by atoms with Crippen LogP contribution >= 0.6 is 23.2 Å². The SMILES string of the molecule is Cc1ccc(C#N)cc1OCC(=O)c1ccc(Cl)cc1Cl. The Hall–Kier alpha value is -2.02. The van der Waals surface area contributed by atoms with E-state index in [1.54, 1.807) is 30.3 Å². The van der Waals surface area contributed by atoms with E-state index in [0.29, 0.717) is 26.9 Å². The summed E-state index contributed by atoms with van der Waals surface area (Å²) >= 11 is 11.8. The molecule has 2 aromatic rings. The highest BCUT2D eigenvalue weighted by Crippen LogP contribution is 2.23. The summed E-state index contributed by atoms with van der Waals surface area (Å²) in [5.74, 6) is 0.255. The third-order valence-electron chi connectivity index (χ3n) is 2.91. The second-order valence-corrected chi connectivity index (χ2v) is 5.27. The van der Waals surface area contributed by atoms with E-state index in [1.807, 2.05) is 13.0 Å². The van der Waals surface area contributed by atoms with Gasteiger partial charge in [-0.25, -0.2) is 0 Å². The molecule has 21 heavy (non-hydrogen) atoms. The summed E-state index contributed by atoms with van der Waals surface area (Å²) in [7, 11) is 0. The van der Waals surface area contributed by atoms with Gasteiger partial charge in [-0.1, -0.05) is 29.3 Å². The predicted molar refractivity (Wildman–Crippen MR) is 82.2 cm³/mol. The van der Waals surface area contributed by atoms with Gasteiger partial charge in [-0.15, -0.1) is 0 Å². The lowest BCUT2D eigenvalue weighted by molar-refractivity contribution is 0.0921. The zero-order chi connectivity index (χ0) is 15.4. The van der Waals surface area contributed by atoms with Crippen molar-refractivity contribution in [3.05, 3.63) is 63.1 Å². The number of ether oxygens (including phenoxy) is 1. The Bertz CT molecular complexity index is 736. The van der Waals surface area contributed by atoms with Crippen molar-refractivity contribution in [1.82, 2.24) is 0 Å². The second kappa shape index (κ2) is 6.62. The van der Waals surface area contributed by atoms with E-state index in [2.05, 4.69) is 0 Å². The standard InChI is InChI=1S/C16H11Cl2NO2/c1-10-2-3-11(8-19)6-16(10)21-9-15(20)13-5-4-12(17)7-14(13)18/h2-7H,9H2,1H3. The van der Waals surface area contributed by atoms with Crippen molar-refractivity contribution in [3.8, 4) is 11.8 Å². The summed E-state index contributed by atoms with van der Waals surface area (Å²) < 4.78 is 5.49. The van der Waals surface area contributed by atoms with E-state index in [4.69, 9.17) is 33.2 Å². The molecule has 106 valence electrons. The largest absolute Gasteiger partial charge is 0.485 e. The molecule has 0 spiro atoms. The first-order valence-corrected chi connectivity index (χ1v) is 6.88. The molecular formula is C16H11Cl2NO2. The molecule has 5 heteroatoms. The average molecular weight is 320 g/mol. The van der Waals surface area contributed by atoms with Gasteiger partial charge in [0.05, 0.1) is 16.7 Å². The maximum Gasteiger partial charge on any atom is 0.201 e. The highest BCUT2D eigenvalue weighted by molar-refractivity contribution is 6.36. The molecule has 0 fully saturated rings. The van der Waals surface area contributed by atoms with Crippen LogP contribution in [0.5, 0.6) is 5.75 Å². The van der Waals surface area contributed by atoms with Crippen LogP contribution in [0.1, 0.15) is 21.5 Å². The number of rotatable bonds is 4. The zero-order valence-electron chi connectivity index (χ0n) is 11.2. The molecule has 0 bridgehead atoms. The van der Waals surface area contributed by atoms with Crippen molar-refractivity contribution >= 4 is 29.0 Å². The Morgan fingerprint density at radius 3 is 2.67 bits per heavy atom. The summed E-state index contributed by atoms with van der Waals surface area (Å²) in [6.07, 6.45) is 0. The van der Waals surface area contributed by atoms with Crippen LogP contribution in [0.25, 0.3) is 0 Å². The van der Waals surface area contributed by atoms with Gasteiger partial charge in [-0.2, -0.15) is 5.26 Å². The van der Waals surface area contributed by atoms with Gasteiger partial charge in [-0.3, -0.25) is 4.79 Å². The number of carbonyl (C=O) groups is 1. The highest BCUT2D eigenvalue weighted by atomic mass is 35.5. The Balaban J connectivity index is 2.13. The van der Waals surface area contributed by atoms with Crippen molar-refractivity contribution in [1.29, 1.82) is 5.26 Å². The van der Waals surface area contributed by atoms with E-state index >= 15 is 0 Å². The molecule has 0 saturated carbocycles. The molecule has 0 aromatic heterocycles. The van der Waals surface area contributed by atoms with Crippen LogP contribution in [0.4, 0.5) is 0 Å². The minimum atomic E-state index is -0.251. The molecule has 3 nitrogen and oxygen atoms in total. The van der Waals surface area contributed by atoms with E-state index < -0.39 is 0 Å². The summed E-state index contributed by atoms with van der Waals surface area (Å²) in [6, 6.07) is 11.8. The van der Waals surface area contributed by atoms with E-state index in [1.165, 1.54) is 6.07 Å². The summed E-state index contributed by atoms with van der Waals surface area (Å²) in [6.45, 7) is 1.69. The lowest BCUT2D eigenvalue weighted by atomic mass is 10.1. The third kappa shape index (κ3) is 3.75. The third-order valence-corrected chi connectivity index (χ3v) is 3.46. The average Bonchev–Trinajstić information content (AvgIpc) is 2.46. The quantitative estimate of drug-likeness (QED) is 0.783. The fourth-order valence-electron chi connectivity index (χ4n) is 1.76. The molecule has 2 rings (SSSR count). The normalized spacial score (nSPS) is 10.0. The molecular weight excluding hydrogens is 309 g/mol. The molecule has 0 N–H and O–H groups in total. The van der Waals surface area contributed by atoms with Crippen molar-refractivity contribution in [2.75, 3.05) is 6.61 Å². The van der Waals surface area contributed by atoms with Crippen LogP contribution in [0, 0.1) is 18.3 Å². The highest BCUT2D eigenvalue weighted by Gasteiger charge is 2.12. The van der Waals surface area contributed by atoms with Crippen LogP contribution in [0.3, 0.4) is 0 Å². The van der Waals surface area contributed by atoms with E-state index in [-0.39, 0.29) is 12.4 Å². The number of Topliss-reactive ketones (excluding diaryl/α,β-unsaturated/α-hetero) is 1. The lowest BCUT2D eigenvalue weighted by Crippen LogP contribution is -2.12. The van der Waals surface area contributed by atoms with Crippen molar-refractivity contribution < 1.29 is 9.53 Å². The van der Waals surface area contributed by atoms with Crippen LogP contribution < -0.4 is 4.74 Å². The van der Waals surface area contributed by atoms with E-state index in [9.17, 15) is 4.79 Å². The van der Waals surface area contributed by atoms with Gasteiger partial charge in [0.2, 0.25) is 5.78 Å². The summed E-state index contributed by atoms with van der Waals surface area (Å²) in [5.41, 5.74) is 1.69. The molecule has 0 aliphatic carbocycles. The maximum absolute atomic E-state index is 12.1. The summed E-state index contributed by atoms with van der Waals surface area (Å²) in [5, 5.41) is 9.63. The Kier molecular flexibility index (Phi) is 4.85. The maximum atomic E-state index is 12.1. The predicted octanol–water partition coefficient (Wildman–Crippen LogP) is 4.44. The molecule has 0 atom stereocenters. The first-order valence-electron chi connectivity index (χ1n) is 6.13. The summed E-state index contributed by atoms with van der Waals surface area (Å²) in [4.78, 5) is 12.1. The second-order valence-electron chi connectivity index (χ2n) is 4.43. The number of nitriles is 1.